The van der Waals surface area contributed by atoms with Crippen molar-refractivity contribution in [2.24, 2.45) is 0 Å². The molecule has 5 nitrogen and oxygen atoms in total. The molecule has 0 radical (unpaired) electrons. The van der Waals surface area contributed by atoms with Crippen molar-refractivity contribution >= 4 is 35.0 Å². The Morgan fingerprint density at radius 3 is 2.70 bits per heavy atom. The second kappa shape index (κ2) is 8.55. The third-order valence-electron chi connectivity index (χ3n) is 5.00. The minimum absolute atomic E-state index is 0.117. The van der Waals surface area contributed by atoms with Crippen molar-refractivity contribution in [1.29, 1.82) is 0 Å². The third kappa shape index (κ3) is 3.86. The normalized spacial score (nSPS) is 13.2. The second-order valence-electron chi connectivity index (χ2n) is 6.86. The lowest BCUT2D eigenvalue weighted by atomic mass is 9.99. The molecular weight excluding hydrogens is 398 g/mol. The Morgan fingerprint density at radius 1 is 1.13 bits per heavy atom. The maximum absolute atomic E-state index is 13.1. The molecule has 0 atom stereocenters. The van der Waals surface area contributed by atoms with Gasteiger partial charge in [0.25, 0.3) is 5.91 Å². The van der Waals surface area contributed by atoms with E-state index in [1.165, 1.54) is 11.3 Å². The molecule has 4 rings (SSSR count). The maximum Gasteiger partial charge on any atom is 0.331 e. The summed E-state index contributed by atoms with van der Waals surface area (Å²) in [4.78, 5) is 27.1. The van der Waals surface area contributed by atoms with E-state index in [1.54, 1.807) is 17.0 Å². The Labute approximate surface area is 178 Å². The van der Waals surface area contributed by atoms with Crippen LogP contribution in [0, 0.1) is 0 Å². The van der Waals surface area contributed by atoms with Crippen LogP contribution in [0.5, 0.6) is 5.75 Å². The molecule has 0 spiro atoms. The molecule has 0 unspecified atom stereocenters. The lowest BCUT2D eigenvalue weighted by molar-refractivity contribution is -0.132. The number of nitrogens with zero attached hydrogens (tertiary/aromatic N) is 1. The first-order valence-electron chi connectivity index (χ1n) is 9.74. The standard InChI is InChI=1S/C24H21NO4S/c1-2-29-21-7-4-3-6-19(21)16-9-10-20-18(14-16)15-17(24(27)28)11-12-25(20)23(26)22-8-5-13-30-22/h3-10,13-15H,2,11-12H2,1H3,(H,27,28). The Morgan fingerprint density at radius 2 is 1.97 bits per heavy atom. The van der Waals surface area contributed by atoms with Gasteiger partial charge in [0.05, 0.1) is 17.2 Å². The number of carboxylic acids is 1. The molecule has 1 N–H and O–H groups in total. The van der Waals surface area contributed by atoms with Gasteiger partial charge in [-0.1, -0.05) is 30.3 Å². The minimum atomic E-state index is -0.966. The highest BCUT2D eigenvalue weighted by atomic mass is 32.1. The van der Waals surface area contributed by atoms with Gasteiger partial charge < -0.3 is 14.7 Å². The predicted molar refractivity (Wildman–Crippen MR) is 119 cm³/mol. The van der Waals surface area contributed by atoms with Crippen LogP contribution in [0.1, 0.15) is 28.6 Å². The first-order valence-corrected chi connectivity index (χ1v) is 10.6. The monoisotopic (exact) mass is 419 g/mol. The zero-order valence-electron chi connectivity index (χ0n) is 16.5. The van der Waals surface area contributed by atoms with E-state index >= 15 is 0 Å². The van der Waals surface area contributed by atoms with Crippen molar-refractivity contribution in [3.8, 4) is 16.9 Å². The van der Waals surface area contributed by atoms with E-state index in [0.717, 1.165) is 16.9 Å². The lowest BCUT2D eigenvalue weighted by Gasteiger charge is -2.23. The van der Waals surface area contributed by atoms with Crippen LogP contribution in [0.2, 0.25) is 0 Å². The number of carbonyl (C=O) groups is 2. The average Bonchev–Trinajstić information content (AvgIpc) is 3.21. The number of rotatable bonds is 5. The molecule has 152 valence electrons. The van der Waals surface area contributed by atoms with E-state index in [2.05, 4.69) is 0 Å². The molecule has 0 bridgehead atoms. The molecule has 0 aliphatic carbocycles. The summed E-state index contributed by atoms with van der Waals surface area (Å²) < 4.78 is 5.76. The van der Waals surface area contributed by atoms with Gasteiger partial charge in [0.15, 0.2) is 0 Å². The van der Waals surface area contributed by atoms with Crippen molar-refractivity contribution in [1.82, 2.24) is 0 Å². The van der Waals surface area contributed by atoms with Gasteiger partial charge in [-0.05, 0) is 60.2 Å². The number of amides is 1. The highest BCUT2D eigenvalue weighted by Gasteiger charge is 2.25. The summed E-state index contributed by atoms with van der Waals surface area (Å²) in [5, 5.41) is 11.5. The first-order chi connectivity index (χ1) is 14.6. The summed E-state index contributed by atoms with van der Waals surface area (Å²) >= 11 is 1.38. The van der Waals surface area contributed by atoms with Crippen LogP contribution in [-0.2, 0) is 4.79 Å². The number of thiophene rings is 1. The van der Waals surface area contributed by atoms with E-state index in [9.17, 15) is 14.7 Å². The summed E-state index contributed by atoms with van der Waals surface area (Å²) in [7, 11) is 0. The van der Waals surface area contributed by atoms with Gasteiger partial charge in [-0.15, -0.1) is 11.3 Å². The van der Waals surface area contributed by atoms with Crippen LogP contribution in [0.3, 0.4) is 0 Å². The van der Waals surface area contributed by atoms with Gasteiger partial charge in [-0.25, -0.2) is 4.79 Å². The van der Waals surface area contributed by atoms with Crippen molar-refractivity contribution in [2.75, 3.05) is 18.1 Å². The lowest BCUT2D eigenvalue weighted by Crippen LogP contribution is -2.31. The van der Waals surface area contributed by atoms with Crippen molar-refractivity contribution in [3.05, 3.63) is 76.0 Å². The van der Waals surface area contributed by atoms with E-state index in [-0.39, 0.29) is 17.9 Å². The van der Waals surface area contributed by atoms with Crippen LogP contribution in [0.25, 0.3) is 17.2 Å². The number of fused-ring (bicyclic) bond motifs is 1. The number of hydrogen-bond acceptors (Lipinski definition) is 4. The molecule has 1 aromatic heterocycles. The number of hydrogen-bond donors (Lipinski definition) is 1. The van der Waals surface area contributed by atoms with Crippen LogP contribution >= 0.6 is 11.3 Å². The predicted octanol–water partition coefficient (Wildman–Crippen LogP) is 5.33. The number of ether oxygens (including phenoxy) is 1. The summed E-state index contributed by atoms with van der Waals surface area (Å²) in [6, 6.07) is 17.1. The highest BCUT2D eigenvalue weighted by Crippen LogP contribution is 2.36. The summed E-state index contributed by atoms with van der Waals surface area (Å²) in [5.74, 6) is -0.317. The van der Waals surface area contributed by atoms with Gasteiger partial charge in [-0.3, -0.25) is 4.79 Å². The molecule has 1 aliphatic heterocycles. The SMILES string of the molecule is CCOc1ccccc1-c1ccc2c(c1)C=C(C(=O)O)CCN2C(=O)c1cccs1. The smallest absolute Gasteiger partial charge is 0.331 e. The Balaban J connectivity index is 1.82. The number of aliphatic carboxylic acids is 1. The number of carboxylic acid groups (broad SMARTS) is 1. The quantitative estimate of drug-likeness (QED) is 0.607. The van der Waals surface area contributed by atoms with Gasteiger partial charge in [0.1, 0.15) is 5.75 Å². The van der Waals surface area contributed by atoms with Crippen LogP contribution in [-0.4, -0.2) is 30.1 Å². The molecular formula is C24H21NO4S. The number of anilines is 1. The Hall–Kier alpha value is -3.38. The molecule has 2 aromatic carbocycles. The molecule has 30 heavy (non-hydrogen) atoms. The zero-order chi connectivity index (χ0) is 21.1. The number of carbonyl (C=O) groups excluding carboxylic acids is 1. The molecule has 0 saturated heterocycles. The van der Waals surface area contributed by atoms with E-state index in [0.29, 0.717) is 29.3 Å². The van der Waals surface area contributed by atoms with Crippen LogP contribution in [0.4, 0.5) is 5.69 Å². The van der Waals surface area contributed by atoms with E-state index in [1.807, 2.05) is 60.8 Å². The topological polar surface area (TPSA) is 66.8 Å². The Bertz CT molecular complexity index is 1120. The summed E-state index contributed by atoms with van der Waals surface area (Å²) in [5.41, 5.74) is 3.53. The second-order valence-corrected chi connectivity index (χ2v) is 7.81. The van der Waals surface area contributed by atoms with Gasteiger partial charge in [0.2, 0.25) is 0 Å². The van der Waals surface area contributed by atoms with E-state index < -0.39 is 5.97 Å². The maximum atomic E-state index is 13.1. The summed E-state index contributed by atoms with van der Waals surface area (Å²) in [6.45, 7) is 2.80. The molecule has 0 fully saturated rings. The summed E-state index contributed by atoms with van der Waals surface area (Å²) in [6.07, 6.45) is 1.96. The fourth-order valence-corrected chi connectivity index (χ4v) is 4.27. The fraction of sp³-hybridized carbons (Fsp3) is 0.167. The number of benzene rings is 2. The average molecular weight is 420 g/mol. The molecule has 6 heteroatoms. The molecule has 0 saturated carbocycles. The Kier molecular flexibility index (Phi) is 5.68. The molecule has 1 amide bonds. The molecule has 3 aromatic rings. The van der Waals surface area contributed by atoms with Crippen molar-refractivity contribution < 1.29 is 19.4 Å². The number of para-hydroxylation sites is 1. The largest absolute Gasteiger partial charge is 0.493 e. The highest BCUT2D eigenvalue weighted by molar-refractivity contribution is 7.12. The fourth-order valence-electron chi connectivity index (χ4n) is 3.60. The molecule has 1 aliphatic rings. The van der Waals surface area contributed by atoms with Gasteiger partial charge in [-0.2, -0.15) is 0 Å². The minimum Gasteiger partial charge on any atom is -0.493 e. The first kappa shape index (κ1) is 19.9. The van der Waals surface area contributed by atoms with Gasteiger partial charge >= 0.3 is 5.97 Å². The van der Waals surface area contributed by atoms with Crippen molar-refractivity contribution in [3.63, 3.8) is 0 Å². The zero-order valence-corrected chi connectivity index (χ0v) is 17.3. The third-order valence-corrected chi connectivity index (χ3v) is 5.86. The van der Waals surface area contributed by atoms with Crippen LogP contribution in [0.15, 0.2) is 65.6 Å². The van der Waals surface area contributed by atoms with Gasteiger partial charge in [0, 0.05) is 17.7 Å². The molecule has 2 heterocycles. The van der Waals surface area contributed by atoms with Crippen molar-refractivity contribution in [2.45, 2.75) is 13.3 Å². The van der Waals surface area contributed by atoms with E-state index in [4.69, 9.17) is 4.74 Å². The van der Waals surface area contributed by atoms with Crippen LogP contribution < -0.4 is 9.64 Å².